The normalized spacial score (nSPS) is 11.7. The molecule has 1 rings (SSSR count). The molecule has 0 saturated carbocycles. The molecule has 5 nitrogen and oxygen atoms in total. The van der Waals surface area contributed by atoms with Gasteiger partial charge in [0, 0.05) is 12.2 Å². The van der Waals surface area contributed by atoms with Gasteiger partial charge in [-0.25, -0.2) is 18.4 Å². The van der Waals surface area contributed by atoms with Crippen LogP contribution in [0.5, 0.6) is 0 Å². The number of hydrogen-bond acceptors (Lipinski definition) is 2. The molecule has 122 valence electrons. The van der Waals surface area contributed by atoms with Crippen molar-refractivity contribution < 1.29 is 23.5 Å². The Morgan fingerprint density at radius 2 is 1.73 bits per heavy atom. The Bertz CT molecular complexity index is 480. The fraction of sp³-hybridized carbons (Fsp3) is 0.467. The van der Waals surface area contributed by atoms with Crippen molar-refractivity contribution in [2.45, 2.75) is 38.3 Å². The molecule has 1 atom stereocenters. The Morgan fingerprint density at radius 3 is 2.36 bits per heavy atom. The molecule has 0 aromatic heterocycles. The fourth-order valence-electron chi connectivity index (χ4n) is 1.84. The van der Waals surface area contributed by atoms with Gasteiger partial charge in [0.05, 0.1) is 0 Å². The summed E-state index contributed by atoms with van der Waals surface area (Å²) in [5.41, 5.74) is 0.501. The van der Waals surface area contributed by atoms with E-state index in [9.17, 15) is 18.4 Å². The van der Waals surface area contributed by atoms with Gasteiger partial charge in [0.2, 0.25) is 0 Å². The van der Waals surface area contributed by atoms with Crippen LogP contribution in [0.25, 0.3) is 0 Å². The summed E-state index contributed by atoms with van der Waals surface area (Å²) in [4.78, 5) is 21.8. The number of carboxylic acids is 1. The number of hydrogen-bond donors (Lipinski definition) is 3. The lowest BCUT2D eigenvalue weighted by Crippen LogP contribution is -2.29. The standard InChI is InChI=1S/C15H20F2N2O3/c16-11-6-8-12(9-7-11)19-15(22)18-10-4-2-1-3-5-13(17)14(20)21/h6-9,13H,1-5,10H2,(H,20,21)(H2,18,19,22). The Kier molecular flexibility index (Phi) is 7.88. The maximum absolute atomic E-state index is 12.8. The molecule has 0 fully saturated rings. The zero-order chi connectivity index (χ0) is 16.4. The van der Waals surface area contributed by atoms with Crippen LogP contribution in [0.4, 0.5) is 19.3 Å². The second-order valence-corrected chi connectivity index (χ2v) is 4.90. The van der Waals surface area contributed by atoms with Crippen molar-refractivity contribution in [1.29, 1.82) is 0 Å². The zero-order valence-electron chi connectivity index (χ0n) is 12.1. The van der Waals surface area contributed by atoms with Crippen molar-refractivity contribution in [2.75, 3.05) is 11.9 Å². The molecule has 0 saturated heterocycles. The average Bonchev–Trinajstić information content (AvgIpc) is 2.48. The largest absolute Gasteiger partial charge is 0.479 e. The third-order valence-corrected chi connectivity index (χ3v) is 3.04. The maximum atomic E-state index is 12.8. The Balaban J connectivity index is 2.03. The van der Waals surface area contributed by atoms with Crippen LogP contribution in [0.15, 0.2) is 24.3 Å². The van der Waals surface area contributed by atoms with Crippen molar-refractivity contribution in [3.05, 3.63) is 30.1 Å². The number of rotatable bonds is 9. The van der Waals surface area contributed by atoms with Gasteiger partial charge in [0.15, 0.2) is 6.17 Å². The quantitative estimate of drug-likeness (QED) is 0.612. The molecule has 1 aromatic carbocycles. The highest BCUT2D eigenvalue weighted by atomic mass is 19.1. The molecule has 7 heteroatoms. The van der Waals surface area contributed by atoms with Gasteiger partial charge in [-0.3, -0.25) is 0 Å². The van der Waals surface area contributed by atoms with Crippen molar-refractivity contribution in [3.8, 4) is 0 Å². The van der Waals surface area contributed by atoms with Gasteiger partial charge in [-0.15, -0.1) is 0 Å². The number of anilines is 1. The lowest BCUT2D eigenvalue weighted by atomic mass is 10.1. The zero-order valence-corrected chi connectivity index (χ0v) is 12.1. The van der Waals surface area contributed by atoms with E-state index in [2.05, 4.69) is 10.6 Å². The predicted molar refractivity (Wildman–Crippen MR) is 79.0 cm³/mol. The van der Waals surface area contributed by atoms with Crippen molar-refractivity contribution in [2.24, 2.45) is 0 Å². The molecular weight excluding hydrogens is 294 g/mol. The van der Waals surface area contributed by atoms with Gasteiger partial charge < -0.3 is 15.7 Å². The van der Waals surface area contributed by atoms with Crippen LogP contribution in [0.3, 0.4) is 0 Å². The van der Waals surface area contributed by atoms with Crippen molar-refractivity contribution >= 4 is 17.7 Å². The number of carboxylic acid groups (broad SMARTS) is 1. The van der Waals surface area contributed by atoms with Crippen LogP contribution in [-0.4, -0.2) is 29.8 Å². The average molecular weight is 314 g/mol. The number of amides is 2. The third kappa shape index (κ3) is 7.56. The molecule has 1 unspecified atom stereocenters. The Labute approximate surface area is 127 Å². The van der Waals surface area contributed by atoms with Gasteiger partial charge in [0.25, 0.3) is 0 Å². The molecule has 0 spiro atoms. The third-order valence-electron chi connectivity index (χ3n) is 3.04. The molecule has 3 N–H and O–H groups in total. The minimum absolute atomic E-state index is 0.0216. The summed E-state index contributed by atoms with van der Waals surface area (Å²) in [5, 5.41) is 13.6. The summed E-state index contributed by atoms with van der Waals surface area (Å²) in [6.45, 7) is 0.463. The highest BCUT2D eigenvalue weighted by Crippen LogP contribution is 2.09. The van der Waals surface area contributed by atoms with Gasteiger partial charge in [-0.05, 0) is 43.5 Å². The van der Waals surface area contributed by atoms with E-state index in [1.165, 1.54) is 24.3 Å². The fourth-order valence-corrected chi connectivity index (χ4v) is 1.84. The number of unbranched alkanes of at least 4 members (excludes halogenated alkanes) is 3. The first-order valence-corrected chi connectivity index (χ1v) is 7.16. The van der Waals surface area contributed by atoms with Crippen LogP contribution in [0, 0.1) is 5.82 Å². The molecular formula is C15H20F2N2O3. The van der Waals surface area contributed by atoms with Gasteiger partial charge in [-0.2, -0.15) is 0 Å². The Morgan fingerprint density at radius 1 is 1.09 bits per heavy atom. The molecule has 0 bridgehead atoms. The molecule has 0 aliphatic heterocycles. The number of aliphatic carboxylic acids is 1. The monoisotopic (exact) mass is 314 g/mol. The van der Waals surface area contributed by atoms with Crippen LogP contribution in [0.2, 0.25) is 0 Å². The first-order chi connectivity index (χ1) is 10.5. The number of nitrogens with one attached hydrogen (secondary N) is 2. The first kappa shape index (κ1) is 17.9. The number of carbonyl (C=O) groups excluding carboxylic acids is 1. The molecule has 22 heavy (non-hydrogen) atoms. The van der Waals surface area contributed by atoms with E-state index in [4.69, 9.17) is 5.11 Å². The molecule has 0 aliphatic rings. The topological polar surface area (TPSA) is 78.4 Å². The van der Waals surface area contributed by atoms with E-state index in [1.54, 1.807) is 0 Å². The van der Waals surface area contributed by atoms with E-state index >= 15 is 0 Å². The second kappa shape index (κ2) is 9.70. The lowest BCUT2D eigenvalue weighted by molar-refractivity contribution is -0.143. The van der Waals surface area contributed by atoms with Gasteiger partial charge in [-0.1, -0.05) is 12.8 Å². The summed E-state index contributed by atoms with van der Waals surface area (Å²) < 4.78 is 25.4. The Hall–Kier alpha value is -2.18. The minimum Gasteiger partial charge on any atom is -0.479 e. The number of halogens is 2. The number of alkyl halides is 1. The summed E-state index contributed by atoms with van der Waals surface area (Å²) in [5.74, 6) is -1.79. The van der Waals surface area contributed by atoms with Crippen LogP contribution >= 0.6 is 0 Å². The minimum atomic E-state index is -1.79. The lowest BCUT2D eigenvalue weighted by Gasteiger charge is -2.07. The summed E-state index contributed by atoms with van der Waals surface area (Å²) in [6, 6.07) is 5.06. The molecule has 0 aliphatic carbocycles. The summed E-state index contributed by atoms with van der Waals surface area (Å²) in [7, 11) is 0. The molecule has 0 radical (unpaired) electrons. The van der Waals surface area contributed by atoms with Gasteiger partial charge >= 0.3 is 12.0 Å². The predicted octanol–water partition coefficient (Wildman–Crippen LogP) is 3.32. The van der Waals surface area contributed by atoms with E-state index < -0.39 is 12.1 Å². The van der Waals surface area contributed by atoms with Crippen molar-refractivity contribution in [1.82, 2.24) is 5.32 Å². The number of urea groups is 1. The van der Waals surface area contributed by atoms with Crippen LogP contribution in [0.1, 0.15) is 32.1 Å². The van der Waals surface area contributed by atoms with Crippen molar-refractivity contribution in [3.63, 3.8) is 0 Å². The summed E-state index contributed by atoms with van der Waals surface area (Å²) >= 11 is 0. The van der Waals surface area contributed by atoms with Gasteiger partial charge in [0.1, 0.15) is 5.82 Å². The molecule has 1 aromatic rings. The first-order valence-electron chi connectivity index (χ1n) is 7.16. The number of carbonyl (C=O) groups is 2. The second-order valence-electron chi connectivity index (χ2n) is 4.90. The summed E-state index contributed by atoms with van der Waals surface area (Å²) in [6.07, 6.45) is 0.960. The highest BCUT2D eigenvalue weighted by molar-refractivity contribution is 5.89. The maximum Gasteiger partial charge on any atom is 0.338 e. The van der Waals surface area contributed by atoms with E-state index in [1.807, 2.05) is 0 Å². The molecule has 0 heterocycles. The number of benzene rings is 1. The van der Waals surface area contributed by atoms with E-state index in [0.717, 1.165) is 19.3 Å². The van der Waals surface area contributed by atoms with E-state index in [-0.39, 0.29) is 18.3 Å². The smallest absolute Gasteiger partial charge is 0.338 e. The van der Waals surface area contributed by atoms with E-state index in [0.29, 0.717) is 18.7 Å². The van der Waals surface area contributed by atoms with Crippen LogP contribution in [-0.2, 0) is 4.79 Å². The molecule has 2 amide bonds. The SMILES string of the molecule is O=C(NCCCCCCC(F)C(=O)O)Nc1ccc(F)cc1. The van der Waals surface area contributed by atoms with Crippen LogP contribution < -0.4 is 10.6 Å². The highest BCUT2D eigenvalue weighted by Gasteiger charge is 2.14.